The molecule has 0 aromatic carbocycles. The van der Waals surface area contributed by atoms with Crippen LogP contribution in [0.2, 0.25) is 0 Å². The molecule has 0 aliphatic carbocycles. The molecule has 0 aliphatic heterocycles. The smallest absolute Gasteiger partial charge is 0.306 e. The molecule has 0 N–H and O–H groups in total. The second-order valence-electron chi connectivity index (χ2n) is 20.1. The van der Waals surface area contributed by atoms with Gasteiger partial charge in [-0.05, 0) is 64.2 Å². The Balaban J connectivity index is 4.43. The number of unbranched alkanes of at least 4 members (excludes halogenated alkanes) is 34. The van der Waals surface area contributed by atoms with E-state index in [9.17, 15) is 14.4 Å². The van der Waals surface area contributed by atoms with Crippen molar-refractivity contribution in [3.05, 3.63) is 85.1 Å². The minimum absolute atomic E-state index is 0.0859. The summed E-state index contributed by atoms with van der Waals surface area (Å²) in [5, 5.41) is 0. The van der Waals surface area contributed by atoms with Gasteiger partial charge in [-0.1, -0.05) is 292 Å². The molecule has 6 nitrogen and oxygen atoms in total. The van der Waals surface area contributed by atoms with Gasteiger partial charge in [-0.3, -0.25) is 14.4 Å². The van der Waals surface area contributed by atoms with Crippen LogP contribution in [0.4, 0.5) is 0 Å². The Labute approximate surface area is 439 Å². The van der Waals surface area contributed by atoms with Gasteiger partial charge in [0.15, 0.2) is 6.10 Å². The van der Waals surface area contributed by atoms with E-state index in [0.717, 1.165) is 83.5 Å². The van der Waals surface area contributed by atoms with E-state index in [1.54, 1.807) is 0 Å². The van der Waals surface area contributed by atoms with Crippen LogP contribution in [0, 0.1) is 0 Å². The first kappa shape index (κ1) is 67.6. The molecule has 0 aromatic heterocycles. The maximum Gasteiger partial charge on any atom is 0.306 e. The SMILES string of the molecule is CCC\C=C/C=C\C=C/C=C\C=C/CCCCCCCC(=O)OC(COC(=O)CCCCCCCCCCCC/C=C\C=C/CCCCC)COC(=O)CCCCCCCCCCCCCCCCCC. The molecule has 0 heterocycles. The molecular weight excluding hydrogens is 877 g/mol. The summed E-state index contributed by atoms with van der Waals surface area (Å²) in [5.41, 5.74) is 0. The second kappa shape index (κ2) is 59.2. The Kier molecular flexibility index (Phi) is 56.3. The zero-order valence-corrected chi connectivity index (χ0v) is 46.7. The Morgan fingerprint density at radius 3 is 0.887 bits per heavy atom. The predicted molar refractivity (Wildman–Crippen MR) is 307 cm³/mol. The molecule has 408 valence electrons. The van der Waals surface area contributed by atoms with Crippen molar-refractivity contribution in [1.82, 2.24) is 0 Å². The van der Waals surface area contributed by atoms with Crippen molar-refractivity contribution in [3.63, 3.8) is 0 Å². The molecule has 0 amide bonds. The van der Waals surface area contributed by atoms with Crippen LogP contribution in [0.5, 0.6) is 0 Å². The number of allylic oxidation sites excluding steroid dienone is 14. The number of rotatable bonds is 54. The number of carbonyl (C=O) groups is 3. The van der Waals surface area contributed by atoms with Crippen molar-refractivity contribution in [2.45, 2.75) is 297 Å². The first-order valence-corrected chi connectivity index (χ1v) is 30.2. The van der Waals surface area contributed by atoms with E-state index in [0.29, 0.717) is 19.3 Å². The molecule has 0 bridgehead atoms. The Hall–Kier alpha value is -3.41. The van der Waals surface area contributed by atoms with Crippen LogP contribution in [0.3, 0.4) is 0 Å². The first-order chi connectivity index (χ1) is 35.0. The van der Waals surface area contributed by atoms with E-state index in [-0.39, 0.29) is 31.1 Å². The normalized spacial score (nSPS) is 12.7. The third-order valence-corrected chi connectivity index (χ3v) is 13.0. The standard InChI is InChI=1S/C65H112O6/c1-4-7-10-13-16-19-22-25-28-31-33-35-37-40-43-46-49-52-55-58-64(67)70-61-62(60-69-63(66)57-54-51-48-45-42-39-36-30-27-24-21-18-15-12-9-6-3)71-65(68)59-56-53-50-47-44-41-38-34-32-29-26-23-20-17-14-11-8-5-2/h11,14,16-17,19-20,22-23,25-26,29,32,34,38,62H,4-10,12-13,15,18,21,24,27-28,30-31,33,35-37,39-61H2,1-3H3/b14-11-,19-16-,20-17-,25-22-,26-23-,32-29-,38-34-. The summed E-state index contributed by atoms with van der Waals surface area (Å²) in [4.78, 5) is 38.3. The lowest BCUT2D eigenvalue weighted by Gasteiger charge is -2.18. The molecule has 6 heteroatoms. The van der Waals surface area contributed by atoms with Gasteiger partial charge in [0.1, 0.15) is 13.2 Å². The lowest BCUT2D eigenvalue weighted by Crippen LogP contribution is -2.30. The van der Waals surface area contributed by atoms with Gasteiger partial charge in [0, 0.05) is 19.3 Å². The van der Waals surface area contributed by atoms with Gasteiger partial charge in [0.2, 0.25) is 0 Å². The summed E-state index contributed by atoms with van der Waals surface area (Å²) in [7, 11) is 0. The number of hydrogen-bond donors (Lipinski definition) is 0. The lowest BCUT2D eigenvalue weighted by molar-refractivity contribution is -0.167. The van der Waals surface area contributed by atoms with Crippen LogP contribution in [0.15, 0.2) is 85.1 Å². The molecule has 0 saturated carbocycles. The Bertz CT molecular complexity index is 1370. The highest BCUT2D eigenvalue weighted by Gasteiger charge is 2.19. The van der Waals surface area contributed by atoms with Gasteiger partial charge in [-0.25, -0.2) is 0 Å². The largest absolute Gasteiger partial charge is 0.462 e. The average Bonchev–Trinajstić information content (AvgIpc) is 3.37. The molecule has 0 rings (SSSR count). The molecule has 0 radical (unpaired) electrons. The fraction of sp³-hybridized carbons (Fsp3) is 0.738. The Morgan fingerprint density at radius 1 is 0.282 bits per heavy atom. The van der Waals surface area contributed by atoms with E-state index in [4.69, 9.17) is 14.2 Å². The van der Waals surface area contributed by atoms with E-state index < -0.39 is 6.10 Å². The fourth-order valence-electron chi connectivity index (χ4n) is 8.47. The highest BCUT2D eigenvalue weighted by molar-refractivity contribution is 5.71. The van der Waals surface area contributed by atoms with Crippen LogP contribution in [-0.4, -0.2) is 37.2 Å². The Morgan fingerprint density at radius 2 is 0.535 bits per heavy atom. The molecule has 0 aliphatic rings. The van der Waals surface area contributed by atoms with Crippen molar-refractivity contribution in [2.75, 3.05) is 13.2 Å². The van der Waals surface area contributed by atoms with Crippen LogP contribution in [-0.2, 0) is 28.6 Å². The van der Waals surface area contributed by atoms with Gasteiger partial charge in [0.05, 0.1) is 0 Å². The first-order valence-electron chi connectivity index (χ1n) is 30.2. The molecule has 0 spiro atoms. The van der Waals surface area contributed by atoms with Crippen molar-refractivity contribution in [3.8, 4) is 0 Å². The summed E-state index contributed by atoms with van der Waals surface area (Å²) in [5.74, 6) is -0.904. The van der Waals surface area contributed by atoms with Gasteiger partial charge < -0.3 is 14.2 Å². The minimum Gasteiger partial charge on any atom is -0.462 e. The van der Waals surface area contributed by atoms with Gasteiger partial charge >= 0.3 is 17.9 Å². The molecule has 1 unspecified atom stereocenters. The van der Waals surface area contributed by atoms with Gasteiger partial charge in [-0.2, -0.15) is 0 Å². The third-order valence-electron chi connectivity index (χ3n) is 13.0. The lowest BCUT2D eigenvalue weighted by atomic mass is 10.0. The summed E-state index contributed by atoms with van der Waals surface area (Å²) < 4.78 is 16.9. The monoisotopic (exact) mass is 989 g/mol. The summed E-state index contributed by atoms with van der Waals surface area (Å²) >= 11 is 0. The number of carbonyl (C=O) groups excluding carboxylic acids is 3. The number of ether oxygens (including phenoxy) is 3. The molecule has 71 heavy (non-hydrogen) atoms. The zero-order chi connectivity index (χ0) is 51.4. The van der Waals surface area contributed by atoms with E-state index in [1.807, 2.05) is 24.3 Å². The van der Waals surface area contributed by atoms with Crippen LogP contribution in [0.25, 0.3) is 0 Å². The molecule has 1 atom stereocenters. The zero-order valence-electron chi connectivity index (χ0n) is 46.7. The van der Waals surface area contributed by atoms with E-state index in [1.165, 1.54) is 167 Å². The summed E-state index contributed by atoms with van der Waals surface area (Å²) in [6, 6.07) is 0. The maximum atomic E-state index is 12.9. The molecular formula is C65H112O6. The quantitative estimate of drug-likeness (QED) is 0.0261. The van der Waals surface area contributed by atoms with Crippen LogP contribution in [0.1, 0.15) is 290 Å². The molecule has 0 aromatic rings. The van der Waals surface area contributed by atoms with Crippen molar-refractivity contribution < 1.29 is 28.6 Å². The second-order valence-corrected chi connectivity index (χ2v) is 20.1. The number of esters is 3. The van der Waals surface area contributed by atoms with E-state index in [2.05, 4.69) is 81.5 Å². The minimum atomic E-state index is -0.791. The molecule has 0 fully saturated rings. The van der Waals surface area contributed by atoms with Gasteiger partial charge in [-0.15, -0.1) is 0 Å². The topological polar surface area (TPSA) is 78.9 Å². The van der Waals surface area contributed by atoms with Crippen LogP contribution >= 0.6 is 0 Å². The maximum absolute atomic E-state index is 12.9. The summed E-state index contributed by atoms with van der Waals surface area (Å²) in [6.07, 6.45) is 77.1. The highest BCUT2D eigenvalue weighted by Crippen LogP contribution is 2.16. The predicted octanol–water partition coefficient (Wildman–Crippen LogP) is 20.3. The molecule has 0 saturated heterocycles. The van der Waals surface area contributed by atoms with Crippen molar-refractivity contribution >= 4 is 17.9 Å². The van der Waals surface area contributed by atoms with Gasteiger partial charge in [0.25, 0.3) is 0 Å². The summed E-state index contributed by atoms with van der Waals surface area (Å²) in [6.45, 7) is 6.53. The highest BCUT2D eigenvalue weighted by atomic mass is 16.6. The van der Waals surface area contributed by atoms with Crippen molar-refractivity contribution in [2.24, 2.45) is 0 Å². The third kappa shape index (κ3) is 57.4. The number of hydrogen-bond acceptors (Lipinski definition) is 6. The fourth-order valence-corrected chi connectivity index (χ4v) is 8.47. The average molecular weight is 990 g/mol. The van der Waals surface area contributed by atoms with Crippen LogP contribution < -0.4 is 0 Å². The van der Waals surface area contributed by atoms with Crippen molar-refractivity contribution in [1.29, 1.82) is 0 Å². The van der Waals surface area contributed by atoms with E-state index >= 15 is 0 Å².